The van der Waals surface area contributed by atoms with E-state index in [1.54, 1.807) is 0 Å². The summed E-state index contributed by atoms with van der Waals surface area (Å²) in [5.74, 6) is 0.386. The van der Waals surface area contributed by atoms with E-state index in [2.05, 4.69) is 10.3 Å². The van der Waals surface area contributed by atoms with E-state index in [1.807, 2.05) is 36.6 Å². The molecule has 2 rings (SSSR count). The first-order chi connectivity index (χ1) is 7.09. The first-order valence-corrected chi connectivity index (χ1v) is 4.54. The molecule has 0 saturated heterocycles. The molecule has 0 aliphatic carbocycles. The summed E-state index contributed by atoms with van der Waals surface area (Å²) in [4.78, 5) is 14.7. The Balaban J connectivity index is 2.64. The summed E-state index contributed by atoms with van der Waals surface area (Å²) in [6, 6.07) is 3.84. The van der Waals surface area contributed by atoms with Crippen molar-refractivity contribution in [3.63, 3.8) is 0 Å². The van der Waals surface area contributed by atoms with Gasteiger partial charge in [0.2, 0.25) is 0 Å². The van der Waals surface area contributed by atoms with Gasteiger partial charge in [0, 0.05) is 6.20 Å². The van der Waals surface area contributed by atoms with Gasteiger partial charge in [-0.1, -0.05) is 6.07 Å². The predicted molar refractivity (Wildman–Crippen MR) is 56.3 cm³/mol. The molecule has 5 nitrogen and oxygen atoms in total. The molecular formula is C10H11N3O2. The molecule has 0 saturated carbocycles. The molecule has 0 aliphatic rings. The van der Waals surface area contributed by atoms with Gasteiger partial charge in [0.05, 0.1) is 5.69 Å². The Morgan fingerprint density at radius 2 is 2.27 bits per heavy atom. The number of rotatable bonds is 1. The molecule has 0 spiro atoms. The van der Waals surface area contributed by atoms with E-state index in [4.69, 9.17) is 5.11 Å². The summed E-state index contributed by atoms with van der Waals surface area (Å²) >= 11 is 0. The summed E-state index contributed by atoms with van der Waals surface area (Å²) in [5.41, 5.74) is 2.58. The van der Waals surface area contributed by atoms with Crippen molar-refractivity contribution in [2.75, 3.05) is 5.32 Å². The molecule has 0 aromatic carbocycles. The van der Waals surface area contributed by atoms with Crippen molar-refractivity contribution in [2.45, 2.75) is 13.8 Å². The molecule has 5 heteroatoms. The van der Waals surface area contributed by atoms with Gasteiger partial charge < -0.3 is 9.51 Å². The van der Waals surface area contributed by atoms with E-state index in [0.29, 0.717) is 5.82 Å². The molecule has 0 fully saturated rings. The van der Waals surface area contributed by atoms with Gasteiger partial charge in [0.25, 0.3) is 0 Å². The van der Waals surface area contributed by atoms with E-state index in [9.17, 15) is 4.79 Å². The Morgan fingerprint density at radius 1 is 1.53 bits per heavy atom. The van der Waals surface area contributed by atoms with Gasteiger partial charge in [-0.3, -0.25) is 5.32 Å². The summed E-state index contributed by atoms with van der Waals surface area (Å²) in [6.07, 6.45) is 0.761. The standard InChI is InChI=1S/C10H11N3O2/c1-6-4-3-5-13-7(2)8(11-9(6)13)12-10(14)15/h3-5,12H,1-2H3,(H,14,15). The first kappa shape index (κ1) is 9.51. The number of carboxylic acid groups (broad SMARTS) is 1. The number of hydrogen-bond acceptors (Lipinski definition) is 2. The number of pyridine rings is 1. The molecule has 0 radical (unpaired) electrons. The van der Waals surface area contributed by atoms with Gasteiger partial charge >= 0.3 is 6.09 Å². The molecule has 15 heavy (non-hydrogen) atoms. The number of nitrogens with zero attached hydrogens (tertiary/aromatic N) is 2. The van der Waals surface area contributed by atoms with Crippen LogP contribution in [0.15, 0.2) is 18.3 Å². The Morgan fingerprint density at radius 3 is 2.87 bits per heavy atom. The number of nitrogens with one attached hydrogen (secondary N) is 1. The average Bonchev–Trinajstić information content (AvgIpc) is 2.46. The molecule has 1 amide bonds. The Labute approximate surface area is 86.4 Å². The number of amides is 1. The maximum absolute atomic E-state index is 10.5. The lowest BCUT2D eigenvalue weighted by Crippen LogP contribution is -2.08. The molecular weight excluding hydrogens is 194 g/mol. The summed E-state index contributed by atoms with van der Waals surface area (Å²) in [6.45, 7) is 3.76. The highest BCUT2D eigenvalue weighted by molar-refractivity contribution is 5.83. The maximum atomic E-state index is 10.5. The third kappa shape index (κ3) is 1.52. The van der Waals surface area contributed by atoms with Crippen molar-refractivity contribution in [3.05, 3.63) is 29.6 Å². The lowest BCUT2D eigenvalue weighted by molar-refractivity contribution is 0.209. The molecule has 2 N–H and O–H groups in total. The van der Waals surface area contributed by atoms with Crippen molar-refractivity contribution in [2.24, 2.45) is 0 Å². The van der Waals surface area contributed by atoms with Gasteiger partial charge in [-0.15, -0.1) is 0 Å². The molecule has 2 heterocycles. The molecule has 78 valence electrons. The zero-order valence-electron chi connectivity index (χ0n) is 8.48. The second kappa shape index (κ2) is 3.27. The highest BCUT2D eigenvalue weighted by atomic mass is 16.4. The number of anilines is 1. The smallest absolute Gasteiger partial charge is 0.410 e. The van der Waals surface area contributed by atoms with Crippen molar-refractivity contribution in [3.8, 4) is 0 Å². The monoisotopic (exact) mass is 205 g/mol. The van der Waals surface area contributed by atoms with Crippen LogP contribution in [-0.4, -0.2) is 20.6 Å². The van der Waals surface area contributed by atoms with E-state index >= 15 is 0 Å². The van der Waals surface area contributed by atoms with Gasteiger partial charge in [-0.05, 0) is 25.5 Å². The van der Waals surface area contributed by atoms with Crippen molar-refractivity contribution >= 4 is 17.6 Å². The van der Waals surface area contributed by atoms with E-state index < -0.39 is 6.09 Å². The second-order valence-corrected chi connectivity index (χ2v) is 3.36. The predicted octanol–water partition coefficient (Wildman–Crippen LogP) is 2.04. The quantitative estimate of drug-likeness (QED) is 0.748. The van der Waals surface area contributed by atoms with Gasteiger partial charge in [-0.2, -0.15) is 0 Å². The molecule has 0 atom stereocenters. The van der Waals surface area contributed by atoms with Crippen LogP contribution < -0.4 is 5.32 Å². The van der Waals surface area contributed by atoms with Gasteiger partial charge in [0.15, 0.2) is 5.82 Å². The Bertz CT molecular complexity index is 531. The van der Waals surface area contributed by atoms with Crippen LogP contribution >= 0.6 is 0 Å². The van der Waals surface area contributed by atoms with Crippen LogP contribution in [0.4, 0.5) is 10.6 Å². The number of imidazole rings is 1. The second-order valence-electron chi connectivity index (χ2n) is 3.36. The van der Waals surface area contributed by atoms with Crippen molar-refractivity contribution in [1.29, 1.82) is 0 Å². The zero-order valence-corrected chi connectivity index (χ0v) is 8.48. The number of aromatic nitrogens is 2. The third-order valence-corrected chi connectivity index (χ3v) is 2.31. The van der Waals surface area contributed by atoms with Crippen LogP contribution in [0.3, 0.4) is 0 Å². The fourth-order valence-corrected chi connectivity index (χ4v) is 1.54. The number of hydrogen-bond donors (Lipinski definition) is 2. The minimum absolute atomic E-state index is 0.386. The SMILES string of the molecule is Cc1cccn2c(C)c(NC(=O)O)nc12. The molecule has 0 unspecified atom stereocenters. The largest absolute Gasteiger partial charge is 0.465 e. The van der Waals surface area contributed by atoms with E-state index in [1.165, 1.54) is 0 Å². The maximum Gasteiger partial charge on any atom is 0.410 e. The van der Waals surface area contributed by atoms with E-state index in [0.717, 1.165) is 16.9 Å². The highest BCUT2D eigenvalue weighted by Gasteiger charge is 2.10. The molecule has 2 aromatic rings. The summed E-state index contributed by atoms with van der Waals surface area (Å²) in [7, 11) is 0. The average molecular weight is 205 g/mol. The summed E-state index contributed by atoms with van der Waals surface area (Å²) in [5, 5.41) is 10.9. The van der Waals surface area contributed by atoms with Gasteiger partial charge in [-0.25, -0.2) is 9.78 Å². The number of fused-ring (bicyclic) bond motifs is 1. The zero-order chi connectivity index (χ0) is 11.0. The third-order valence-electron chi connectivity index (χ3n) is 2.31. The minimum atomic E-state index is -1.10. The first-order valence-electron chi connectivity index (χ1n) is 4.54. The topological polar surface area (TPSA) is 66.6 Å². The lowest BCUT2D eigenvalue weighted by Gasteiger charge is -1.98. The minimum Gasteiger partial charge on any atom is -0.465 e. The molecule has 0 bridgehead atoms. The van der Waals surface area contributed by atoms with Crippen molar-refractivity contribution in [1.82, 2.24) is 9.38 Å². The van der Waals surface area contributed by atoms with Gasteiger partial charge in [0.1, 0.15) is 5.65 Å². The fourth-order valence-electron chi connectivity index (χ4n) is 1.54. The van der Waals surface area contributed by atoms with Crippen LogP contribution in [0.5, 0.6) is 0 Å². The normalized spacial score (nSPS) is 10.5. The van der Waals surface area contributed by atoms with Crippen LogP contribution in [-0.2, 0) is 0 Å². The highest BCUT2D eigenvalue weighted by Crippen LogP contribution is 2.18. The Hall–Kier alpha value is -2.04. The molecule has 2 aromatic heterocycles. The van der Waals surface area contributed by atoms with Crippen LogP contribution in [0, 0.1) is 13.8 Å². The molecule has 0 aliphatic heterocycles. The summed E-state index contributed by atoms with van der Waals surface area (Å²) < 4.78 is 1.86. The number of aryl methyl sites for hydroxylation is 2. The number of carbonyl (C=O) groups is 1. The van der Waals surface area contributed by atoms with Crippen LogP contribution in [0.1, 0.15) is 11.3 Å². The van der Waals surface area contributed by atoms with E-state index in [-0.39, 0.29) is 0 Å². The van der Waals surface area contributed by atoms with Crippen LogP contribution in [0.2, 0.25) is 0 Å². The van der Waals surface area contributed by atoms with Crippen LogP contribution in [0.25, 0.3) is 5.65 Å². The Kier molecular flexibility index (Phi) is 2.07. The lowest BCUT2D eigenvalue weighted by atomic mass is 10.3. The fraction of sp³-hybridized carbons (Fsp3) is 0.200. The van der Waals surface area contributed by atoms with Crippen molar-refractivity contribution < 1.29 is 9.90 Å².